The van der Waals surface area contributed by atoms with Crippen LogP contribution in [0.25, 0.3) is 0 Å². The molecule has 0 bridgehead atoms. The van der Waals surface area contributed by atoms with Crippen molar-refractivity contribution in [2.75, 3.05) is 29.9 Å². The highest BCUT2D eigenvalue weighted by Crippen LogP contribution is 2.46. The molecule has 1 aromatic rings. The molecule has 6 heteroatoms. The minimum absolute atomic E-state index is 0.0370. The van der Waals surface area contributed by atoms with Crippen molar-refractivity contribution in [3.05, 3.63) is 18.2 Å². The van der Waals surface area contributed by atoms with E-state index in [9.17, 15) is 4.79 Å². The average Bonchev–Trinajstić information content (AvgIpc) is 2.84. The summed E-state index contributed by atoms with van der Waals surface area (Å²) in [6.07, 6.45) is 6.56. The van der Waals surface area contributed by atoms with Gasteiger partial charge in [-0.1, -0.05) is 6.42 Å². The molecule has 4 rings (SSSR count). The molecule has 1 N–H and O–H groups in total. The molecular weight excluding hydrogens is 348 g/mol. The maximum absolute atomic E-state index is 12.5. The number of anilines is 1. The largest absolute Gasteiger partial charge is 0.448 e. The van der Waals surface area contributed by atoms with Crippen LogP contribution in [0, 0.1) is 0 Å². The van der Waals surface area contributed by atoms with Crippen LogP contribution >= 0.6 is 11.8 Å². The number of hydrogen-bond donors (Lipinski definition) is 1. The molecule has 0 unspecified atom stereocenters. The first-order chi connectivity index (χ1) is 12.6. The van der Waals surface area contributed by atoms with Crippen molar-refractivity contribution in [1.29, 1.82) is 0 Å². The molecule has 1 saturated carbocycles. The Morgan fingerprint density at radius 1 is 1.23 bits per heavy atom. The van der Waals surface area contributed by atoms with Gasteiger partial charge in [-0.2, -0.15) is 11.8 Å². The summed E-state index contributed by atoms with van der Waals surface area (Å²) < 4.78 is 12.3. The highest BCUT2D eigenvalue weighted by atomic mass is 32.2. The molecule has 1 atom stereocenters. The molecule has 3 aliphatic rings. The first-order valence-corrected chi connectivity index (χ1v) is 10.9. The molecule has 26 heavy (non-hydrogen) atoms. The summed E-state index contributed by atoms with van der Waals surface area (Å²) in [5.41, 5.74) is 0.780. The third-order valence-corrected chi connectivity index (χ3v) is 6.60. The predicted molar refractivity (Wildman–Crippen MR) is 105 cm³/mol. The fraction of sp³-hybridized carbons (Fsp3) is 0.650. The third-order valence-electron chi connectivity index (χ3n) is 5.61. The molecule has 5 nitrogen and oxygen atoms in total. The Balaban J connectivity index is 1.37. The molecule has 1 amide bonds. The lowest BCUT2D eigenvalue weighted by Crippen LogP contribution is -2.40. The Labute approximate surface area is 159 Å². The molecule has 1 aromatic carbocycles. The van der Waals surface area contributed by atoms with Crippen molar-refractivity contribution in [2.45, 2.75) is 57.3 Å². The predicted octanol–water partition coefficient (Wildman–Crippen LogP) is 3.88. The van der Waals surface area contributed by atoms with Gasteiger partial charge in [0.15, 0.2) is 11.5 Å². The van der Waals surface area contributed by atoms with Gasteiger partial charge in [0.1, 0.15) is 0 Å². The quantitative estimate of drug-likeness (QED) is 0.867. The molecule has 2 heterocycles. The highest BCUT2D eigenvalue weighted by molar-refractivity contribution is 7.99. The molecule has 0 radical (unpaired) electrons. The molecule has 2 aliphatic heterocycles. The molecule has 1 saturated heterocycles. The second kappa shape index (κ2) is 7.69. The Hall–Kier alpha value is -1.40. The van der Waals surface area contributed by atoms with E-state index in [1.165, 1.54) is 12.2 Å². The molecule has 1 spiro atoms. The number of benzene rings is 1. The molecule has 2 fully saturated rings. The number of thioether (sulfide) groups is 1. The summed E-state index contributed by atoms with van der Waals surface area (Å²) in [5, 5.41) is 3.03. The summed E-state index contributed by atoms with van der Waals surface area (Å²) in [6, 6.07) is 6.18. The van der Waals surface area contributed by atoms with Gasteiger partial charge in [0.25, 0.3) is 5.79 Å². The van der Waals surface area contributed by atoms with E-state index in [4.69, 9.17) is 9.47 Å². The van der Waals surface area contributed by atoms with Crippen molar-refractivity contribution >= 4 is 23.4 Å². The van der Waals surface area contributed by atoms with Gasteiger partial charge in [-0.3, -0.25) is 9.69 Å². The lowest BCUT2D eigenvalue weighted by Gasteiger charge is -2.31. The lowest BCUT2D eigenvalue weighted by molar-refractivity contribution is -0.117. The molecule has 1 aliphatic carbocycles. The van der Waals surface area contributed by atoms with Gasteiger partial charge in [0.2, 0.25) is 5.91 Å². The van der Waals surface area contributed by atoms with Gasteiger partial charge in [-0.15, -0.1) is 0 Å². The van der Waals surface area contributed by atoms with E-state index >= 15 is 0 Å². The minimum atomic E-state index is -0.470. The van der Waals surface area contributed by atoms with Gasteiger partial charge >= 0.3 is 0 Å². The van der Waals surface area contributed by atoms with E-state index < -0.39 is 5.79 Å². The van der Waals surface area contributed by atoms with E-state index in [0.29, 0.717) is 12.6 Å². The summed E-state index contributed by atoms with van der Waals surface area (Å²) in [4.78, 5) is 14.8. The number of carbonyl (C=O) groups is 1. The molecule has 142 valence electrons. The van der Waals surface area contributed by atoms with Crippen molar-refractivity contribution < 1.29 is 14.3 Å². The summed E-state index contributed by atoms with van der Waals surface area (Å²) in [6.45, 7) is 3.63. The molecular formula is C20H28N2O3S. The number of fused-ring (bicyclic) bond motifs is 1. The first-order valence-electron chi connectivity index (χ1n) is 9.77. The van der Waals surface area contributed by atoms with Crippen LogP contribution in [0.5, 0.6) is 11.5 Å². The first kappa shape index (κ1) is 18.0. The Kier molecular flexibility index (Phi) is 5.32. The van der Waals surface area contributed by atoms with Crippen LogP contribution in [0.1, 0.15) is 45.4 Å². The zero-order valence-electron chi connectivity index (χ0n) is 15.5. The van der Waals surface area contributed by atoms with Crippen molar-refractivity contribution in [1.82, 2.24) is 4.90 Å². The van der Waals surface area contributed by atoms with E-state index in [-0.39, 0.29) is 5.91 Å². The van der Waals surface area contributed by atoms with E-state index in [2.05, 4.69) is 17.1 Å². The monoisotopic (exact) mass is 376 g/mol. The van der Waals surface area contributed by atoms with Gasteiger partial charge < -0.3 is 14.8 Å². The maximum Gasteiger partial charge on any atom is 0.251 e. The SMILES string of the molecule is C[C@@H]1CCSCCN1CC(=O)Nc1ccc2c(c1)OC1(CCCCC1)O2. The van der Waals surface area contributed by atoms with Gasteiger partial charge in [0.05, 0.1) is 6.54 Å². The normalized spacial score (nSPS) is 25.0. The van der Waals surface area contributed by atoms with Gasteiger partial charge in [0, 0.05) is 42.9 Å². The van der Waals surface area contributed by atoms with Crippen LogP contribution < -0.4 is 14.8 Å². The number of rotatable bonds is 3. The summed E-state index contributed by atoms with van der Waals surface area (Å²) in [5.74, 6) is 3.40. The van der Waals surface area contributed by atoms with E-state index in [1.807, 2.05) is 30.0 Å². The average molecular weight is 377 g/mol. The second-order valence-electron chi connectivity index (χ2n) is 7.61. The second-order valence-corrected chi connectivity index (χ2v) is 8.83. The maximum atomic E-state index is 12.5. The number of nitrogens with zero attached hydrogens (tertiary/aromatic N) is 1. The number of ether oxygens (including phenoxy) is 2. The number of nitrogens with one attached hydrogen (secondary N) is 1. The summed E-state index contributed by atoms with van der Waals surface area (Å²) >= 11 is 1.97. The Bertz CT molecular complexity index is 660. The van der Waals surface area contributed by atoms with Crippen LogP contribution in [0.4, 0.5) is 5.69 Å². The number of amides is 1. The zero-order chi connectivity index (χ0) is 18.0. The van der Waals surface area contributed by atoms with Crippen molar-refractivity contribution in [2.24, 2.45) is 0 Å². The van der Waals surface area contributed by atoms with Crippen LogP contribution in [-0.2, 0) is 4.79 Å². The zero-order valence-corrected chi connectivity index (χ0v) is 16.3. The smallest absolute Gasteiger partial charge is 0.251 e. The van der Waals surface area contributed by atoms with Crippen molar-refractivity contribution in [3.8, 4) is 11.5 Å². The lowest BCUT2D eigenvalue weighted by atomic mass is 9.94. The van der Waals surface area contributed by atoms with Crippen molar-refractivity contribution in [3.63, 3.8) is 0 Å². The van der Waals surface area contributed by atoms with E-state index in [1.54, 1.807) is 0 Å². The fourth-order valence-electron chi connectivity index (χ4n) is 4.03. The van der Waals surface area contributed by atoms with Crippen LogP contribution in [0.3, 0.4) is 0 Å². The highest BCUT2D eigenvalue weighted by Gasteiger charge is 2.42. The number of carbonyl (C=O) groups excluding carboxylic acids is 1. The van der Waals surface area contributed by atoms with Gasteiger partial charge in [-0.25, -0.2) is 0 Å². The Morgan fingerprint density at radius 3 is 2.88 bits per heavy atom. The van der Waals surface area contributed by atoms with Crippen LogP contribution in [0.15, 0.2) is 18.2 Å². The topological polar surface area (TPSA) is 50.8 Å². The fourth-order valence-corrected chi connectivity index (χ4v) is 5.10. The van der Waals surface area contributed by atoms with E-state index in [0.717, 1.165) is 61.6 Å². The summed E-state index contributed by atoms with van der Waals surface area (Å²) in [7, 11) is 0. The van der Waals surface area contributed by atoms with Crippen LogP contribution in [0.2, 0.25) is 0 Å². The van der Waals surface area contributed by atoms with Gasteiger partial charge in [-0.05, 0) is 44.1 Å². The standard InChI is InChI=1S/C20H28N2O3S/c1-15-7-11-26-12-10-22(15)14-19(23)21-16-5-6-17-18(13-16)25-20(24-17)8-3-2-4-9-20/h5-6,13,15H,2-4,7-12,14H2,1H3,(H,21,23)/t15-/m1/s1. The minimum Gasteiger partial charge on any atom is -0.448 e. The third kappa shape index (κ3) is 3.96. The van der Waals surface area contributed by atoms with Crippen LogP contribution in [-0.4, -0.2) is 47.2 Å². The molecule has 0 aromatic heterocycles. The Morgan fingerprint density at radius 2 is 2.04 bits per heavy atom. The number of hydrogen-bond acceptors (Lipinski definition) is 5.